The molecule has 0 N–H and O–H groups in total. The van der Waals surface area contributed by atoms with Crippen LogP contribution in [0.4, 0.5) is 0 Å². The fraction of sp³-hybridized carbons (Fsp3) is 0. The molecule has 0 saturated heterocycles. The van der Waals surface area contributed by atoms with Crippen molar-refractivity contribution in [3.63, 3.8) is 0 Å². The predicted octanol–water partition coefficient (Wildman–Crippen LogP) is 2.90. The van der Waals surface area contributed by atoms with Crippen LogP contribution in [0.2, 0.25) is 0 Å². The van der Waals surface area contributed by atoms with Crippen LogP contribution in [0.25, 0.3) is 0 Å². The van der Waals surface area contributed by atoms with Crippen LogP contribution in [0.3, 0.4) is 0 Å². The number of carbonyl (C=O) groups is 1. The topological polar surface area (TPSA) is 26.3 Å². The summed E-state index contributed by atoms with van der Waals surface area (Å²) in [6.07, 6.45) is 0. The van der Waals surface area contributed by atoms with E-state index in [-0.39, 0.29) is 23.0 Å². The Bertz CT molecular complexity index is 440. The molecule has 80 valence electrons. The Morgan fingerprint density at radius 1 is 0.812 bits per heavy atom. The first-order valence-corrected chi connectivity index (χ1v) is 4.68. The minimum Gasteiger partial charge on any atom is -0.423 e. The van der Waals surface area contributed by atoms with Crippen molar-refractivity contribution in [2.24, 2.45) is 0 Å². The molecular formula is C13H10FeO2+2. The van der Waals surface area contributed by atoms with E-state index >= 15 is 0 Å². The first-order valence-electron chi connectivity index (χ1n) is 4.68. The fourth-order valence-electron chi connectivity index (χ4n) is 1.23. The number of esters is 1. The van der Waals surface area contributed by atoms with Crippen molar-refractivity contribution >= 4 is 5.97 Å². The first-order chi connectivity index (χ1) is 7.36. The summed E-state index contributed by atoms with van der Waals surface area (Å²) in [6.45, 7) is 0. The number of hydrogen-bond acceptors (Lipinski definition) is 2. The van der Waals surface area contributed by atoms with Crippen LogP contribution in [0.15, 0.2) is 60.7 Å². The van der Waals surface area contributed by atoms with Crippen LogP contribution >= 0.6 is 0 Å². The number of benzene rings is 2. The molecule has 0 fully saturated rings. The maximum absolute atomic E-state index is 11.6. The number of para-hydroxylation sites is 1. The standard InChI is InChI=1S/C13H10O2.Fe/c14-13(11-7-3-1-4-8-11)15-12-9-5-2-6-10-12;/h1-10H;/q;+2. The second-order valence-corrected chi connectivity index (χ2v) is 3.07. The molecule has 2 aromatic carbocycles. The summed E-state index contributed by atoms with van der Waals surface area (Å²) in [6, 6.07) is 18.0. The van der Waals surface area contributed by atoms with Crippen LogP contribution in [0.1, 0.15) is 10.4 Å². The van der Waals surface area contributed by atoms with Gasteiger partial charge < -0.3 is 4.74 Å². The van der Waals surface area contributed by atoms with E-state index in [2.05, 4.69) is 0 Å². The van der Waals surface area contributed by atoms with Gasteiger partial charge in [-0.15, -0.1) is 0 Å². The molecule has 0 saturated carbocycles. The monoisotopic (exact) mass is 254 g/mol. The minimum absolute atomic E-state index is 0. The Morgan fingerprint density at radius 2 is 1.31 bits per heavy atom. The van der Waals surface area contributed by atoms with Gasteiger partial charge >= 0.3 is 23.0 Å². The first kappa shape index (κ1) is 12.5. The molecule has 0 atom stereocenters. The van der Waals surface area contributed by atoms with Gasteiger partial charge in [-0.1, -0.05) is 36.4 Å². The van der Waals surface area contributed by atoms with E-state index < -0.39 is 0 Å². The zero-order valence-corrected chi connectivity index (χ0v) is 9.55. The minimum atomic E-state index is -0.332. The summed E-state index contributed by atoms with van der Waals surface area (Å²) in [5, 5.41) is 0. The van der Waals surface area contributed by atoms with Gasteiger partial charge in [0.25, 0.3) is 0 Å². The summed E-state index contributed by atoms with van der Waals surface area (Å²) in [7, 11) is 0. The average molecular weight is 254 g/mol. The van der Waals surface area contributed by atoms with Crippen molar-refractivity contribution < 1.29 is 26.6 Å². The van der Waals surface area contributed by atoms with Crippen LogP contribution < -0.4 is 4.74 Å². The zero-order chi connectivity index (χ0) is 10.5. The Morgan fingerprint density at radius 3 is 1.88 bits per heavy atom. The van der Waals surface area contributed by atoms with Gasteiger partial charge in [0.1, 0.15) is 5.75 Å². The molecule has 3 heteroatoms. The van der Waals surface area contributed by atoms with Crippen molar-refractivity contribution in [2.45, 2.75) is 0 Å². The number of ether oxygens (including phenoxy) is 1. The molecular weight excluding hydrogens is 244 g/mol. The van der Waals surface area contributed by atoms with Crippen molar-refractivity contribution in [1.82, 2.24) is 0 Å². The summed E-state index contributed by atoms with van der Waals surface area (Å²) < 4.78 is 5.16. The van der Waals surface area contributed by atoms with Gasteiger partial charge in [-0.25, -0.2) is 4.79 Å². The van der Waals surface area contributed by atoms with Crippen molar-refractivity contribution in [1.29, 1.82) is 0 Å². The molecule has 0 aromatic heterocycles. The van der Waals surface area contributed by atoms with E-state index in [1.54, 1.807) is 24.3 Å². The third-order valence-corrected chi connectivity index (χ3v) is 1.96. The second kappa shape index (κ2) is 6.11. The van der Waals surface area contributed by atoms with Gasteiger partial charge in [0, 0.05) is 0 Å². The van der Waals surface area contributed by atoms with E-state index in [1.165, 1.54) is 0 Å². The molecule has 2 aromatic rings. The zero-order valence-electron chi connectivity index (χ0n) is 8.44. The second-order valence-electron chi connectivity index (χ2n) is 3.07. The Labute approximate surface area is 105 Å². The largest absolute Gasteiger partial charge is 2.00 e. The molecule has 2 nitrogen and oxygen atoms in total. The van der Waals surface area contributed by atoms with Crippen molar-refractivity contribution in [2.75, 3.05) is 0 Å². The van der Waals surface area contributed by atoms with Gasteiger partial charge in [-0.3, -0.25) is 0 Å². The molecule has 0 aliphatic heterocycles. The molecule has 0 amide bonds. The summed E-state index contributed by atoms with van der Waals surface area (Å²) >= 11 is 0. The third-order valence-electron chi connectivity index (χ3n) is 1.96. The van der Waals surface area contributed by atoms with E-state index in [9.17, 15) is 4.79 Å². The molecule has 0 aliphatic carbocycles. The maximum atomic E-state index is 11.6. The van der Waals surface area contributed by atoms with Gasteiger partial charge in [0.05, 0.1) is 5.56 Å². The summed E-state index contributed by atoms with van der Waals surface area (Å²) in [5.74, 6) is 0.230. The fourth-order valence-corrected chi connectivity index (χ4v) is 1.23. The molecule has 0 bridgehead atoms. The SMILES string of the molecule is O=C(Oc1ccccc1)c1ccccc1.[Fe+2]. The predicted molar refractivity (Wildman–Crippen MR) is 57.8 cm³/mol. The molecule has 0 aliphatic rings. The van der Waals surface area contributed by atoms with Gasteiger partial charge in [-0.2, -0.15) is 0 Å². The van der Waals surface area contributed by atoms with Crippen molar-refractivity contribution in [3.8, 4) is 5.75 Å². The van der Waals surface area contributed by atoms with Crippen LogP contribution in [0, 0.1) is 0 Å². The van der Waals surface area contributed by atoms with E-state index in [0.29, 0.717) is 11.3 Å². The Balaban J connectivity index is 0.00000128. The number of rotatable bonds is 2. The van der Waals surface area contributed by atoms with Crippen LogP contribution in [-0.4, -0.2) is 5.97 Å². The van der Waals surface area contributed by atoms with Crippen molar-refractivity contribution in [3.05, 3.63) is 66.2 Å². The summed E-state index contributed by atoms with van der Waals surface area (Å²) in [5.41, 5.74) is 0.557. The molecule has 16 heavy (non-hydrogen) atoms. The quantitative estimate of drug-likeness (QED) is 0.468. The van der Waals surface area contributed by atoms with Crippen LogP contribution in [-0.2, 0) is 17.1 Å². The smallest absolute Gasteiger partial charge is 0.423 e. The van der Waals surface area contributed by atoms with Gasteiger partial charge in [0.15, 0.2) is 0 Å². The van der Waals surface area contributed by atoms with Gasteiger partial charge in [-0.05, 0) is 24.3 Å². The van der Waals surface area contributed by atoms with Gasteiger partial charge in [0.2, 0.25) is 0 Å². The van der Waals surface area contributed by atoms with E-state index in [1.807, 2.05) is 36.4 Å². The van der Waals surface area contributed by atoms with E-state index in [0.717, 1.165) is 0 Å². The van der Waals surface area contributed by atoms with E-state index in [4.69, 9.17) is 4.74 Å². The van der Waals surface area contributed by atoms with Crippen LogP contribution in [0.5, 0.6) is 5.75 Å². The molecule has 0 unspecified atom stereocenters. The number of carbonyl (C=O) groups excluding carboxylic acids is 1. The molecule has 0 spiro atoms. The maximum Gasteiger partial charge on any atom is 2.00 e. The Kier molecular flexibility index (Phi) is 4.77. The number of hydrogen-bond donors (Lipinski definition) is 0. The Hall–Kier alpha value is -1.57. The molecule has 0 radical (unpaired) electrons. The normalized spacial score (nSPS) is 9.00. The summed E-state index contributed by atoms with van der Waals surface area (Å²) in [4.78, 5) is 11.6. The molecule has 0 heterocycles. The third kappa shape index (κ3) is 3.23. The average Bonchev–Trinajstić information content (AvgIpc) is 2.31. The molecule has 2 rings (SSSR count).